The molecule has 2 rings (SSSR count). The van der Waals surface area contributed by atoms with Crippen molar-refractivity contribution in [3.05, 3.63) is 83.9 Å². The van der Waals surface area contributed by atoms with E-state index < -0.39 is 5.60 Å². The molecule has 1 N–H and O–H groups in total. The van der Waals surface area contributed by atoms with Crippen LogP contribution in [0, 0.1) is 6.92 Å². The Hall–Kier alpha value is -1.86. The number of benzene rings is 2. The van der Waals surface area contributed by atoms with Gasteiger partial charge in [-0.1, -0.05) is 66.2 Å². The summed E-state index contributed by atoms with van der Waals surface area (Å²) >= 11 is 0. The zero-order valence-corrected chi connectivity index (χ0v) is 10.6. The average Bonchev–Trinajstić information content (AvgIpc) is 2.40. The molecule has 2 aromatic rings. The Balaban J connectivity index is 2.50. The second kappa shape index (κ2) is 5.19. The first kappa shape index (κ1) is 12.6. The summed E-state index contributed by atoms with van der Waals surface area (Å²) in [7, 11) is 0. The van der Waals surface area contributed by atoms with E-state index in [9.17, 15) is 5.11 Å². The zero-order chi connectivity index (χ0) is 13.0. The number of aryl methyl sites for hydroxylation is 1. The van der Waals surface area contributed by atoms with Gasteiger partial charge < -0.3 is 5.11 Å². The molecule has 0 aliphatic carbocycles. The van der Waals surface area contributed by atoms with E-state index in [0.717, 1.165) is 11.1 Å². The summed E-state index contributed by atoms with van der Waals surface area (Å²) in [6.07, 6.45) is 2.26. The minimum atomic E-state index is -0.989. The first-order valence-electron chi connectivity index (χ1n) is 6.13. The smallest absolute Gasteiger partial charge is 0.118 e. The maximum Gasteiger partial charge on any atom is 0.118 e. The van der Waals surface area contributed by atoms with Crippen molar-refractivity contribution < 1.29 is 5.11 Å². The second-order valence-corrected chi connectivity index (χ2v) is 4.59. The van der Waals surface area contributed by atoms with Gasteiger partial charge in [-0.2, -0.15) is 0 Å². The van der Waals surface area contributed by atoms with E-state index in [1.807, 2.05) is 61.5 Å². The molecule has 2 aromatic carbocycles. The van der Waals surface area contributed by atoms with Crippen LogP contribution in [0.5, 0.6) is 0 Å². The predicted molar refractivity (Wildman–Crippen MR) is 75.4 cm³/mol. The van der Waals surface area contributed by atoms with Gasteiger partial charge in [-0.15, -0.1) is 6.58 Å². The molecule has 92 valence electrons. The van der Waals surface area contributed by atoms with Gasteiger partial charge in [-0.3, -0.25) is 0 Å². The van der Waals surface area contributed by atoms with Crippen LogP contribution < -0.4 is 0 Å². The van der Waals surface area contributed by atoms with Gasteiger partial charge in [0, 0.05) is 6.42 Å². The van der Waals surface area contributed by atoms with Crippen LogP contribution in [-0.4, -0.2) is 5.11 Å². The van der Waals surface area contributed by atoms with Crippen molar-refractivity contribution in [1.29, 1.82) is 0 Å². The maximum absolute atomic E-state index is 11.0. The summed E-state index contributed by atoms with van der Waals surface area (Å²) in [5, 5.41) is 11.0. The summed E-state index contributed by atoms with van der Waals surface area (Å²) < 4.78 is 0. The average molecular weight is 238 g/mol. The molecular weight excluding hydrogens is 220 g/mol. The molecule has 0 aliphatic heterocycles. The summed E-state index contributed by atoms with van der Waals surface area (Å²) in [4.78, 5) is 0. The molecule has 0 heterocycles. The molecule has 1 nitrogen and oxygen atoms in total. The first-order valence-corrected chi connectivity index (χ1v) is 6.13. The highest BCUT2D eigenvalue weighted by Crippen LogP contribution is 2.33. The fraction of sp³-hybridized carbons (Fsp3) is 0.176. The molecule has 0 aromatic heterocycles. The molecule has 0 saturated heterocycles. The second-order valence-electron chi connectivity index (χ2n) is 4.59. The van der Waals surface area contributed by atoms with Gasteiger partial charge in [0.2, 0.25) is 0 Å². The van der Waals surface area contributed by atoms with Crippen LogP contribution in [-0.2, 0) is 5.60 Å². The predicted octanol–water partition coefficient (Wildman–Crippen LogP) is 3.81. The van der Waals surface area contributed by atoms with E-state index in [0.29, 0.717) is 6.42 Å². The lowest BCUT2D eigenvalue weighted by Crippen LogP contribution is -2.26. The summed E-state index contributed by atoms with van der Waals surface area (Å²) in [5.41, 5.74) is 2.00. The maximum atomic E-state index is 11.0. The Bertz CT molecular complexity index is 513. The summed E-state index contributed by atoms with van der Waals surface area (Å²) in [6, 6.07) is 17.7. The SMILES string of the molecule is C=CCC(O)(c1ccccc1)c1ccc(C)cc1. The van der Waals surface area contributed by atoms with Gasteiger partial charge in [0.25, 0.3) is 0 Å². The number of aliphatic hydroxyl groups is 1. The molecular formula is C17H18O. The van der Waals surface area contributed by atoms with Crippen molar-refractivity contribution in [2.24, 2.45) is 0 Å². The van der Waals surface area contributed by atoms with Crippen LogP contribution in [0.4, 0.5) is 0 Å². The van der Waals surface area contributed by atoms with Gasteiger partial charge in [-0.05, 0) is 18.1 Å². The molecule has 0 bridgehead atoms. The van der Waals surface area contributed by atoms with E-state index >= 15 is 0 Å². The number of rotatable bonds is 4. The summed E-state index contributed by atoms with van der Waals surface area (Å²) in [5.74, 6) is 0. The minimum absolute atomic E-state index is 0.500. The Morgan fingerprint density at radius 1 is 1.00 bits per heavy atom. The van der Waals surface area contributed by atoms with Crippen LogP contribution in [0.3, 0.4) is 0 Å². The van der Waals surface area contributed by atoms with Crippen LogP contribution in [0.2, 0.25) is 0 Å². The highest BCUT2D eigenvalue weighted by Gasteiger charge is 2.29. The van der Waals surface area contributed by atoms with Gasteiger partial charge in [0.1, 0.15) is 5.60 Å². The largest absolute Gasteiger partial charge is 0.380 e. The summed E-state index contributed by atoms with van der Waals surface area (Å²) in [6.45, 7) is 5.79. The van der Waals surface area contributed by atoms with Crippen molar-refractivity contribution in [2.45, 2.75) is 18.9 Å². The van der Waals surface area contributed by atoms with Gasteiger partial charge in [-0.25, -0.2) is 0 Å². The van der Waals surface area contributed by atoms with Crippen molar-refractivity contribution in [2.75, 3.05) is 0 Å². The van der Waals surface area contributed by atoms with E-state index in [2.05, 4.69) is 6.58 Å². The van der Waals surface area contributed by atoms with Crippen molar-refractivity contribution in [3.63, 3.8) is 0 Å². The molecule has 1 atom stereocenters. The highest BCUT2D eigenvalue weighted by molar-refractivity contribution is 5.37. The molecule has 1 unspecified atom stereocenters. The molecule has 0 aliphatic rings. The third-order valence-electron chi connectivity index (χ3n) is 3.22. The molecule has 0 spiro atoms. The lowest BCUT2D eigenvalue weighted by Gasteiger charge is -2.28. The molecule has 0 saturated carbocycles. The van der Waals surface area contributed by atoms with E-state index in [-0.39, 0.29) is 0 Å². The molecule has 0 radical (unpaired) electrons. The van der Waals surface area contributed by atoms with Crippen LogP contribution in [0.15, 0.2) is 67.3 Å². The minimum Gasteiger partial charge on any atom is -0.380 e. The van der Waals surface area contributed by atoms with Gasteiger partial charge in [0.15, 0.2) is 0 Å². The fourth-order valence-corrected chi connectivity index (χ4v) is 2.15. The zero-order valence-electron chi connectivity index (χ0n) is 10.6. The highest BCUT2D eigenvalue weighted by atomic mass is 16.3. The van der Waals surface area contributed by atoms with Gasteiger partial charge >= 0.3 is 0 Å². The van der Waals surface area contributed by atoms with Crippen molar-refractivity contribution >= 4 is 0 Å². The fourth-order valence-electron chi connectivity index (χ4n) is 2.15. The Morgan fingerprint density at radius 3 is 2.11 bits per heavy atom. The van der Waals surface area contributed by atoms with Crippen LogP contribution in [0.25, 0.3) is 0 Å². The van der Waals surface area contributed by atoms with Crippen LogP contribution >= 0.6 is 0 Å². The monoisotopic (exact) mass is 238 g/mol. The quantitative estimate of drug-likeness (QED) is 0.803. The Morgan fingerprint density at radius 2 is 1.56 bits per heavy atom. The Labute approximate surface area is 108 Å². The van der Waals surface area contributed by atoms with E-state index in [1.165, 1.54) is 5.56 Å². The van der Waals surface area contributed by atoms with E-state index in [4.69, 9.17) is 0 Å². The first-order chi connectivity index (χ1) is 8.66. The van der Waals surface area contributed by atoms with Crippen molar-refractivity contribution in [3.8, 4) is 0 Å². The molecule has 0 amide bonds. The third-order valence-corrected chi connectivity index (χ3v) is 3.22. The van der Waals surface area contributed by atoms with E-state index in [1.54, 1.807) is 6.08 Å². The molecule has 1 heteroatoms. The van der Waals surface area contributed by atoms with Crippen molar-refractivity contribution in [1.82, 2.24) is 0 Å². The number of hydrogen-bond donors (Lipinski definition) is 1. The van der Waals surface area contributed by atoms with Crippen LogP contribution in [0.1, 0.15) is 23.1 Å². The topological polar surface area (TPSA) is 20.2 Å². The van der Waals surface area contributed by atoms with Gasteiger partial charge in [0.05, 0.1) is 0 Å². The molecule has 0 fully saturated rings. The normalized spacial score (nSPS) is 13.9. The lowest BCUT2D eigenvalue weighted by molar-refractivity contribution is 0.0842. The standard InChI is InChI=1S/C17H18O/c1-3-13-17(18,15-7-5-4-6-8-15)16-11-9-14(2)10-12-16/h3-12,18H,1,13H2,2H3. The third kappa shape index (κ3) is 2.36. The lowest BCUT2D eigenvalue weighted by atomic mass is 9.83. The Kier molecular flexibility index (Phi) is 3.63. The molecule has 18 heavy (non-hydrogen) atoms. The number of hydrogen-bond acceptors (Lipinski definition) is 1.